The molecule has 8 heteroatoms. The maximum Gasteiger partial charge on any atom is 0.251 e. The Bertz CT molecular complexity index is 886. The maximum atomic E-state index is 13.1. The standard InChI is InChI=1S/C22H29N5O3/c1-3-13-30-18-7-5-17(6-8-18)27-20(28)14-19(22(27)29)26-11-9-16(10-12-26)21-24-23-15-25(21)4-2/h5-8,15-16,19H,3-4,9-14H2,1-2H3/t19-/m0/s1. The van der Waals surface area contributed by atoms with Gasteiger partial charge in [0.1, 0.15) is 17.9 Å². The van der Waals surface area contributed by atoms with Crippen LogP contribution in [0.15, 0.2) is 30.6 Å². The lowest BCUT2D eigenvalue weighted by Crippen LogP contribution is -2.45. The number of carbonyl (C=O) groups excluding carboxylic acids is 2. The SMILES string of the molecule is CCCOc1ccc(N2C(=O)C[C@H](N3CCC(c4nncn4CC)CC3)C2=O)cc1. The van der Waals surface area contributed by atoms with Gasteiger partial charge in [-0.05, 0) is 63.5 Å². The number of rotatable bonds is 7. The first-order chi connectivity index (χ1) is 14.6. The van der Waals surface area contributed by atoms with Crippen molar-refractivity contribution in [2.75, 3.05) is 24.6 Å². The third-order valence-corrected chi connectivity index (χ3v) is 6.01. The molecule has 3 heterocycles. The minimum atomic E-state index is -0.376. The van der Waals surface area contributed by atoms with E-state index in [1.165, 1.54) is 4.90 Å². The number of amides is 2. The van der Waals surface area contributed by atoms with Crippen molar-refractivity contribution in [2.45, 2.75) is 58.0 Å². The Morgan fingerprint density at radius 3 is 2.50 bits per heavy atom. The van der Waals surface area contributed by atoms with Gasteiger partial charge in [-0.3, -0.25) is 14.5 Å². The third kappa shape index (κ3) is 3.96. The van der Waals surface area contributed by atoms with E-state index in [-0.39, 0.29) is 24.3 Å². The number of imide groups is 1. The van der Waals surface area contributed by atoms with Crippen LogP contribution in [0.2, 0.25) is 0 Å². The maximum absolute atomic E-state index is 13.1. The molecule has 2 aliphatic heterocycles. The highest BCUT2D eigenvalue weighted by Crippen LogP contribution is 2.32. The van der Waals surface area contributed by atoms with E-state index in [1.807, 2.05) is 19.1 Å². The summed E-state index contributed by atoms with van der Waals surface area (Å²) in [4.78, 5) is 29.2. The molecule has 2 fully saturated rings. The zero-order valence-corrected chi connectivity index (χ0v) is 17.7. The summed E-state index contributed by atoms with van der Waals surface area (Å²) in [5, 5.41) is 8.33. The largest absolute Gasteiger partial charge is 0.494 e. The summed E-state index contributed by atoms with van der Waals surface area (Å²) in [6, 6.07) is 6.82. The topological polar surface area (TPSA) is 80.6 Å². The first-order valence-corrected chi connectivity index (χ1v) is 10.8. The Morgan fingerprint density at radius 2 is 1.83 bits per heavy atom. The van der Waals surface area contributed by atoms with Crippen LogP contribution < -0.4 is 9.64 Å². The summed E-state index contributed by atoms with van der Waals surface area (Å²) in [6.45, 7) is 7.20. The molecule has 0 spiro atoms. The monoisotopic (exact) mass is 411 g/mol. The molecule has 0 saturated carbocycles. The van der Waals surface area contributed by atoms with Crippen molar-refractivity contribution in [1.82, 2.24) is 19.7 Å². The molecule has 2 aliphatic rings. The van der Waals surface area contributed by atoms with Crippen LogP contribution in [0, 0.1) is 0 Å². The van der Waals surface area contributed by atoms with Crippen LogP contribution in [-0.2, 0) is 16.1 Å². The second-order valence-corrected chi connectivity index (χ2v) is 7.92. The molecule has 0 unspecified atom stereocenters. The molecule has 4 rings (SSSR count). The molecule has 0 bridgehead atoms. The van der Waals surface area contributed by atoms with E-state index in [1.54, 1.807) is 18.5 Å². The first-order valence-electron chi connectivity index (χ1n) is 10.8. The number of ether oxygens (including phenoxy) is 1. The van der Waals surface area contributed by atoms with Gasteiger partial charge in [0, 0.05) is 12.5 Å². The lowest BCUT2D eigenvalue weighted by Gasteiger charge is -2.34. The van der Waals surface area contributed by atoms with E-state index in [9.17, 15) is 9.59 Å². The van der Waals surface area contributed by atoms with Crippen LogP contribution >= 0.6 is 0 Å². The van der Waals surface area contributed by atoms with Crippen molar-refractivity contribution in [3.05, 3.63) is 36.4 Å². The van der Waals surface area contributed by atoms with Crippen LogP contribution in [0.25, 0.3) is 0 Å². The van der Waals surface area contributed by atoms with Gasteiger partial charge < -0.3 is 9.30 Å². The average molecular weight is 412 g/mol. The number of aromatic nitrogens is 3. The fourth-order valence-electron chi connectivity index (χ4n) is 4.38. The quantitative estimate of drug-likeness (QED) is 0.652. The lowest BCUT2D eigenvalue weighted by atomic mass is 9.94. The molecule has 2 amide bonds. The van der Waals surface area contributed by atoms with Crippen LogP contribution in [0.1, 0.15) is 51.3 Å². The predicted octanol–water partition coefficient (Wildman–Crippen LogP) is 2.60. The number of anilines is 1. The van der Waals surface area contributed by atoms with E-state index in [0.29, 0.717) is 18.2 Å². The van der Waals surface area contributed by atoms with Gasteiger partial charge >= 0.3 is 0 Å². The Morgan fingerprint density at radius 1 is 1.10 bits per heavy atom. The number of likely N-dealkylation sites (tertiary alicyclic amines) is 1. The predicted molar refractivity (Wildman–Crippen MR) is 112 cm³/mol. The van der Waals surface area contributed by atoms with Crippen molar-refractivity contribution < 1.29 is 14.3 Å². The van der Waals surface area contributed by atoms with Gasteiger partial charge in [0.2, 0.25) is 5.91 Å². The Hall–Kier alpha value is -2.74. The molecular weight excluding hydrogens is 382 g/mol. The van der Waals surface area contributed by atoms with Crippen molar-refractivity contribution in [3.8, 4) is 5.75 Å². The zero-order valence-electron chi connectivity index (χ0n) is 17.7. The van der Waals surface area contributed by atoms with E-state index in [4.69, 9.17) is 4.74 Å². The molecule has 2 saturated heterocycles. The number of hydrogen-bond donors (Lipinski definition) is 0. The average Bonchev–Trinajstić information content (AvgIpc) is 3.37. The molecule has 2 aromatic rings. The minimum Gasteiger partial charge on any atom is -0.494 e. The van der Waals surface area contributed by atoms with E-state index < -0.39 is 0 Å². The number of benzene rings is 1. The van der Waals surface area contributed by atoms with E-state index >= 15 is 0 Å². The van der Waals surface area contributed by atoms with Crippen molar-refractivity contribution in [2.24, 2.45) is 0 Å². The van der Waals surface area contributed by atoms with Gasteiger partial charge in [-0.2, -0.15) is 0 Å². The number of nitrogens with zero attached hydrogens (tertiary/aromatic N) is 5. The van der Waals surface area contributed by atoms with Gasteiger partial charge in [0.05, 0.1) is 24.8 Å². The highest BCUT2D eigenvalue weighted by molar-refractivity contribution is 6.22. The molecule has 160 valence electrons. The number of hydrogen-bond acceptors (Lipinski definition) is 6. The number of aryl methyl sites for hydroxylation is 1. The fourth-order valence-corrected chi connectivity index (χ4v) is 4.38. The van der Waals surface area contributed by atoms with Crippen molar-refractivity contribution >= 4 is 17.5 Å². The summed E-state index contributed by atoms with van der Waals surface area (Å²) in [5.41, 5.74) is 0.613. The van der Waals surface area contributed by atoms with Gasteiger partial charge in [-0.25, -0.2) is 4.90 Å². The summed E-state index contributed by atoms with van der Waals surface area (Å²) in [5.74, 6) is 1.86. The van der Waals surface area contributed by atoms with Gasteiger partial charge in [-0.1, -0.05) is 6.92 Å². The Labute approximate surface area is 176 Å². The molecule has 0 N–H and O–H groups in total. The van der Waals surface area contributed by atoms with E-state index in [0.717, 1.165) is 50.5 Å². The van der Waals surface area contributed by atoms with Crippen molar-refractivity contribution in [1.29, 1.82) is 0 Å². The van der Waals surface area contributed by atoms with Crippen LogP contribution in [-0.4, -0.2) is 57.2 Å². The van der Waals surface area contributed by atoms with Crippen LogP contribution in [0.3, 0.4) is 0 Å². The summed E-state index contributed by atoms with van der Waals surface area (Å²) < 4.78 is 7.68. The molecule has 1 aromatic carbocycles. The molecule has 0 radical (unpaired) electrons. The third-order valence-electron chi connectivity index (χ3n) is 6.01. The highest BCUT2D eigenvalue weighted by Gasteiger charge is 2.43. The number of piperidine rings is 1. The van der Waals surface area contributed by atoms with Gasteiger partial charge in [0.15, 0.2) is 0 Å². The summed E-state index contributed by atoms with van der Waals surface area (Å²) in [7, 11) is 0. The zero-order chi connectivity index (χ0) is 21.1. The van der Waals surface area contributed by atoms with E-state index in [2.05, 4.69) is 26.6 Å². The Kier molecular flexibility index (Phi) is 6.13. The molecular formula is C22H29N5O3. The van der Waals surface area contributed by atoms with Gasteiger partial charge in [-0.15, -0.1) is 10.2 Å². The molecule has 0 aliphatic carbocycles. The number of carbonyl (C=O) groups is 2. The lowest BCUT2D eigenvalue weighted by molar-refractivity contribution is -0.123. The van der Waals surface area contributed by atoms with Crippen LogP contribution in [0.4, 0.5) is 5.69 Å². The Balaban J connectivity index is 1.40. The molecule has 1 aromatic heterocycles. The second kappa shape index (κ2) is 8.95. The minimum absolute atomic E-state index is 0.127. The molecule has 30 heavy (non-hydrogen) atoms. The van der Waals surface area contributed by atoms with Crippen LogP contribution in [0.5, 0.6) is 5.75 Å². The normalized spacial score (nSPS) is 20.9. The summed E-state index contributed by atoms with van der Waals surface area (Å²) >= 11 is 0. The highest BCUT2D eigenvalue weighted by atomic mass is 16.5. The fraction of sp³-hybridized carbons (Fsp3) is 0.545. The molecule has 1 atom stereocenters. The molecule has 8 nitrogen and oxygen atoms in total. The van der Waals surface area contributed by atoms with Gasteiger partial charge in [0.25, 0.3) is 5.91 Å². The smallest absolute Gasteiger partial charge is 0.251 e. The summed E-state index contributed by atoms with van der Waals surface area (Å²) in [6.07, 6.45) is 4.78. The first kappa shape index (κ1) is 20.5. The second-order valence-electron chi connectivity index (χ2n) is 7.92. The van der Waals surface area contributed by atoms with Crippen molar-refractivity contribution in [3.63, 3.8) is 0 Å².